The second kappa shape index (κ2) is 11.6. The van der Waals surface area contributed by atoms with Gasteiger partial charge in [-0.05, 0) is 73.2 Å². The second-order valence-corrected chi connectivity index (χ2v) is 8.59. The number of amides is 1. The third-order valence-corrected chi connectivity index (χ3v) is 5.36. The lowest BCUT2D eigenvalue weighted by atomic mass is 10.2. The molecule has 3 aromatic rings. The van der Waals surface area contributed by atoms with Crippen LogP contribution in [0.25, 0.3) is 0 Å². The maximum atomic E-state index is 12.4. The lowest BCUT2D eigenvalue weighted by Crippen LogP contribution is -2.33. The maximum absolute atomic E-state index is 12.4. The minimum absolute atomic E-state index is 0.264. The summed E-state index contributed by atoms with van der Waals surface area (Å²) in [6.07, 6.45) is 0.713. The number of rotatable bonds is 8. The van der Waals surface area contributed by atoms with Crippen LogP contribution in [0.15, 0.2) is 80.8 Å². The first-order valence-electron chi connectivity index (χ1n) is 9.76. The van der Waals surface area contributed by atoms with E-state index in [4.69, 9.17) is 14.2 Å². The van der Waals surface area contributed by atoms with Gasteiger partial charge >= 0.3 is 5.97 Å². The molecule has 7 nitrogen and oxygen atoms in total. The van der Waals surface area contributed by atoms with Crippen LogP contribution in [0.1, 0.15) is 22.8 Å². The van der Waals surface area contributed by atoms with Crippen molar-refractivity contribution in [2.45, 2.75) is 13.0 Å². The number of nitrogens with one attached hydrogen (secondary N) is 1. The standard InChI is InChI=1S/C24H20Br2N2O5/c1-15(32-20-9-7-18(25)8-10-20)23(29)28-27-14-16-6-11-21(22(12-16)31-2)33-24(30)17-4-3-5-19(26)13-17/h3-15H,1-2H3,(H,28,29). The zero-order valence-electron chi connectivity index (χ0n) is 17.7. The van der Waals surface area contributed by atoms with Crippen LogP contribution in [-0.2, 0) is 4.79 Å². The van der Waals surface area contributed by atoms with Crippen molar-refractivity contribution < 1.29 is 23.8 Å². The summed E-state index contributed by atoms with van der Waals surface area (Å²) in [5, 5.41) is 3.96. The second-order valence-electron chi connectivity index (χ2n) is 6.76. The van der Waals surface area contributed by atoms with E-state index in [2.05, 4.69) is 42.4 Å². The van der Waals surface area contributed by atoms with Crippen LogP contribution in [-0.4, -0.2) is 31.3 Å². The van der Waals surface area contributed by atoms with E-state index in [1.54, 1.807) is 55.5 Å². The van der Waals surface area contributed by atoms with Gasteiger partial charge in [0.1, 0.15) is 5.75 Å². The average molecular weight is 576 g/mol. The number of nitrogens with zero attached hydrogens (tertiary/aromatic N) is 1. The number of esters is 1. The van der Waals surface area contributed by atoms with Gasteiger partial charge in [-0.15, -0.1) is 0 Å². The Hall–Kier alpha value is -3.17. The van der Waals surface area contributed by atoms with Gasteiger partial charge in [-0.2, -0.15) is 5.10 Å². The maximum Gasteiger partial charge on any atom is 0.343 e. The molecule has 0 fully saturated rings. The minimum Gasteiger partial charge on any atom is -0.493 e. The predicted octanol–water partition coefficient (Wildman–Crippen LogP) is 5.36. The summed E-state index contributed by atoms with van der Waals surface area (Å²) < 4.78 is 18.1. The van der Waals surface area contributed by atoms with Gasteiger partial charge in [-0.3, -0.25) is 4.79 Å². The van der Waals surface area contributed by atoms with E-state index in [1.165, 1.54) is 13.3 Å². The topological polar surface area (TPSA) is 86.2 Å². The van der Waals surface area contributed by atoms with Gasteiger partial charge in [-0.25, -0.2) is 10.2 Å². The normalized spacial score (nSPS) is 11.6. The van der Waals surface area contributed by atoms with Gasteiger partial charge in [0, 0.05) is 8.95 Å². The number of hydrazone groups is 1. The molecule has 0 aromatic heterocycles. The Morgan fingerprint density at radius 1 is 0.970 bits per heavy atom. The summed E-state index contributed by atoms with van der Waals surface area (Å²) >= 11 is 6.68. The zero-order valence-corrected chi connectivity index (χ0v) is 20.9. The molecule has 1 unspecified atom stereocenters. The van der Waals surface area contributed by atoms with Crippen molar-refractivity contribution in [1.29, 1.82) is 0 Å². The highest BCUT2D eigenvalue weighted by atomic mass is 79.9. The van der Waals surface area contributed by atoms with Crippen LogP contribution in [0, 0.1) is 0 Å². The smallest absolute Gasteiger partial charge is 0.343 e. The van der Waals surface area contributed by atoms with Crippen molar-refractivity contribution in [2.75, 3.05) is 7.11 Å². The molecule has 0 saturated heterocycles. The van der Waals surface area contributed by atoms with Gasteiger partial charge in [-0.1, -0.05) is 37.9 Å². The van der Waals surface area contributed by atoms with E-state index >= 15 is 0 Å². The van der Waals surface area contributed by atoms with E-state index < -0.39 is 18.0 Å². The van der Waals surface area contributed by atoms with Gasteiger partial charge in [0.2, 0.25) is 0 Å². The number of halogens is 2. The molecular formula is C24H20Br2N2O5. The summed E-state index contributed by atoms with van der Waals surface area (Å²) in [5.41, 5.74) is 3.48. The van der Waals surface area contributed by atoms with Crippen molar-refractivity contribution in [1.82, 2.24) is 5.43 Å². The van der Waals surface area contributed by atoms with E-state index in [1.807, 2.05) is 18.2 Å². The molecule has 3 rings (SSSR count). The molecule has 0 aliphatic heterocycles. The minimum atomic E-state index is -0.738. The molecule has 0 radical (unpaired) electrons. The third-order valence-electron chi connectivity index (χ3n) is 4.33. The zero-order chi connectivity index (χ0) is 23.8. The van der Waals surface area contributed by atoms with E-state index in [0.717, 1.165) is 8.95 Å². The molecule has 3 aromatic carbocycles. The summed E-state index contributed by atoms with van der Waals surface area (Å²) in [6, 6.07) is 19.0. The van der Waals surface area contributed by atoms with Gasteiger partial charge < -0.3 is 14.2 Å². The fourth-order valence-corrected chi connectivity index (χ4v) is 3.32. The summed E-state index contributed by atoms with van der Waals surface area (Å²) in [5.74, 6) is 0.270. The van der Waals surface area contributed by atoms with Gasteiger partial charge in [0.05, 0.1) is 18.9 Å². The van der Waals surface area contributed by atoms with E-state index in [0.29, 0.717) is 22.6 Å². The van der Waals surface area contributed by atoms with Crippen LogP contribution >= 0.6 is 31.9 Å². The fourth-order valence-electron chi connectivity index (χ4n) is 2.66. The highest BCUT2D eigenvalue weighted by Crippen LogP contribution is 2.28. The summed E-state index contributed by atoms with van der Waals surface area (Å²) in [6.45, 7) is 1.63. The fraction of sp³-hybridized carbons (Fsp3) is 0.125. The molecule has 0 bridgehead atoms. The van der Waals surface area contributed by atoms with Crippen LogP contribution in [0.5, 0.6) is 17.2 Å². The number of benzene rings is 3. The molecule has 1 amide bonds. The van der Waals surface area contributed by atoms with Crippen LogP contribution in [0.2, 0.25) is 0 Å². The molecule has 0 spiro atoms. The molecule has 0 saturated carbocycles. The largest absolute Gasteiger partial charge is 0.493 e. The molecule has 1 N–H and O–H groups in total. The van der Waals surface area contributed by atoms with E-state index in [-0.39, 0.29) is 5.75 Å². The molecule has 9 heteroatoms. The molecular weight excluding hydrogens is 556 g/mol. The van der Waals surface area contributed by atoms with Crippen molar-refractivity contribution in [3.63, 3.8) is 0 Å². The van der Waals surface area contributed by atoms with Crippen molar-refractivity contribution >= 4 is 50.0 Å². The first-order chi connectivity index (χ1) is 15.9. The Bertz CT molecular complexity index is 1170. The van der Waals surface area contributed by atoms with Crippen molar-refractivity contribution in [3.8, 4) is 17.2 Å². The van der Waals surface area contributed by atoms with Crippen LogP contribution < -0.4 is 19.6 Å². The lowest BCUT2D eigenvalue weighted by molar-refractivity contribution is -0.127. The number of hydrogen-bond donors (Lipinski definition) is 1. The Balaban J connectivity index is 1.60. The van der Waals surface area contributed by atoms with Crippen LogP contribution in [0.4, 0.5) is 0 Å². The monoisotopic (exact) mass is 574 g/mol. The number of methoxy groups -OCH3 is 1. The van der Waals surface area contributed by atoms with Crippen LogP contribution in [0.3, 0.4) is 0 Å². The summed E-state index contributed by atoms with van der Waals surface area (Å²) in [7, 11) is 1.47. The number of ether oxygens (including phenoxy) is 3. The Morgan fingerprint density at radius 2 is 1.73 bits per heavy atom. The molecule has 0 aliphatic carbocycles. The molecule has 1 atom stereocenters. The Morgan fingerprint density at radius 3 is 2.42 bits per heavy atom. The highest BCUT2D eigenvalue weighted by molar-refractivity contribution is 9.10. The number of hydrogen-bond acceptors (Lipinski definition) is 6. The molecule has 33 heavy (non-hydrogen) atoms. The highest BCUT2D eigenvalue weighted by Gasteiger charge is 2.15. The lowest BCUT2D eigenvalue weighted by Gasteiger charge is -2.13. The third kappa shape index (κ3) is 7.16. The van der Waals surface area contributed by atoms with Gasteiger partial charge in [0.25, 0.3) is 5.91 Å². The average Bonchev–Trinajstić information content (AvgIpc) is 2.81. The Kier molecular flexibility index (Phi) is 8.62. The predicted molar refractivity (Wildman–Crippen MR) is 132 cm³/mol. The molecule has 170 valence electrons. The van der Waals surface area contributed by atoms with Crippen molar-refractivity contribution in [3.05, 3.63) is 86.8 Å². The molecule has 0 heterocycles. The Labute approximate surface area is 208 Å². The van der Waals surface area contributed by atoms with Gasteiger partial charge in [0.15, 0.2) is 17.6 Å². The van der Waals surface area contributed by atoms with Crippen molar-refractivity contribution in [2.24, 2.45) is 5.10 Å². The summed E-state index contributed by atoms with van der Waals surface area (Å²) in [4.78, 5) is 24.6. The first-order valence-corrected chi connectivity index (χ1v) is 11.3. The first kappa shape index (κ1) is 24.5. The SMILES string of the molecule is COc1cc(C=NNC(=O)C(C)Oc2ccc(Br)cc2)ccc1OC(=O)c1cccc(Br)c1. The number of carbonyl (C=O) groups is 2. The van der Waals surface area contributed by atoms with E-state index in [9.17, 15) is 9.59 Å². The number of carbonyl (C=O) groups excluding carboxylic acids is 2. The molecule has 0 aliphatic rings. The quantitative estimate of drug-likeness (QED) is 0.169.